The summed E-state index contributed by atoms with van der Waals surface area (Å²) in [6, 6.07) is 12.3. The van der Waals surface area contributed by atoms with Crippen LogP contribution in [0, 0.1) is 5.82 Å². The van der Waals surface area contributed by atoms with Gasteiger partial charge in [-0.25, -0.2) is 9.18 Å². The number of benzene rings is 2. The second-order valence-corrected chi connectivity index (χ2v) is 7.54. The Morgan fingerprint density at radius 3 is 2.67 bits per heavy atom. The van der Waals surface area contributed by atoms with Crippen LogP contribution in [0.15, 0.2) is 51.7 Å². The number of halogens is 1. The van der Waals surface area contributed by atoms with Gasteiger partial charge in [-0.15, -0.1) is 0 Å². The fourth-order valence-electron chi connectivity index (χ4n) is 3.87. The summed E-state index contributed by atoms with van der Waals surface area (Å²) in [5, 5.41) is 10.9. The topological polar surface area (TPSA) is 58.6 Å². The van der Waals surface area contributed by atoms with Gasteiger partial charge in [0.25, 0.3) is 0 Å². The first-order valence-electron chi connectivity index (χ1n) is 9.20. The molecule has 1 saturated heterocycles. The molecule has 1 N–H and O–H groups in total. The Hall–Kier alpha value is -2.44. The molecule has 27 heavy (non-hydrogen) atoms. The Labute approximate surface area is 156 Å². The van der Waals surface area contributed by atoms with Crippen molar-refractivity contribution in [1.29, 1.82) is 0 Å². The maximum Gasteiger partial charge on any atom is 0.419 e. The van der Waals surface area contributed by atoms with Crippen LogP contribution in [-0.2, 0) is 20.0 Å². The van der Waals surface area contributed by atoms with E-state index < -0.39 is 5.60 Å². The molecule has 3 aromatic rings. The summed E-state index contributed by atoms with van der Waals surface area (Å²) < 4.78 is 20.1. The lowest BCUT2D eigenvalue weighted by Gasteiger charge is -2.38. The highest BCUT2D eigenvalue weighted by atomic mass is 19.1. The average Bonchev–Trinajstić information content (AvgIpc) is 2.91. The number of oxazole rings is 1. The van der Waals surface area contributed by atoms with Gasteiger partial charge in [-0.1, -0.05) is 18.2 Å². The van der Waals surface area contributed by atoms with Crippen molar-refractivity contribution in [3.05, 3.63) is 70.0 Å². The van der Waals surface area contributed by atoms with Crippen molar-refractivity contribution < 1.29 is 13.9 Å². The summed E-state index contributed by atoms with van der Waals surface area (Å²) in [5.74, 6) is -0.626. The Morgan fingerprint density at radius 1 is 1.15 bits per heavy atom. The second-order valence-electron chi connectivity index (χ2n) is 7.54. The SMILES string of the molecule is Cn1c(=O)oc2cc(CN3CCC(O)(Cc4cccc(F)c4)CC3)ccc21. The molecule has 1 fully saturated rings. The van der Waals surface area contributed by atoms with Crippen LogP contribution in [0.5, 0.6) is 0 Å². The highest BCUT2D eigenvalue weighted by Gasteiger charge is 2.32. The molecule has 4 rings (SSSR count). The smallest absolute Gasteiger partial charge is 0.408 e. The van der Waals surface area contributed by atoms with Crippen LogP contribution < -0.4 is 5.76 Å². The van der Waals surface area contributed by atoms with Crippen LogP contribution in [-0.4, -0.2) is 33.3 Å². The molecule has 0 spiro atoms. The van der Waals surface area contributed by atoms with Gasteiger partial charge in [-0.05, 0) is 48.2 Å². The van der Waals surface area contributed by atoms with E-state index in [1.54, 1.807) is 13.1 Å². The quantitative estimate of drug-likeness (QED) is 0.767. The van der Waals surface area contributed by atoms with Crippen LogP contribution in [0.25, 0.3) is 11.1 Å². The maximum atomic E-state index is 13.4. The number of aromatic nitrogens is 1. The van der Waals surface area contributed by atoms with Crippen LogP contribution in [0.3, 0.4) is 0 Å². The Balaban J connectivity index is 1.39. The third-order valence-electron chi connectivity index (χ3n) is 5.47. The van der Waals surface area contributed by atoms with E-state index in [4.69, 9.17) is 4.42 Å². The average molecular weight is 370 g/mol. The zero-order valence-corrected chi connectivity index (χ0v) is 15.3. The van der Waals surface area contributed by atoms with E-state index in [0.29, 0.717) is 24.8 Å². The second kappa shape index (κ2) is 6.94. The molecular formula is C21H23FN2O3. The number of aryl methyl sites for hydroxylation is 1. The Morgan fingerprint density at radius 2 is 1.93 bits per heavy atom. The highest BCUT2D eigenvalue weighted by Crippen LogP contribution is 2.28. The fourth-order valence-corrected chi connectivity index (χ4v) is 3.87. The number of piperidine rings is 1. The van der Waals surface area contributed by atoms with Gasteiger partial charge in [0.1, 0.15) is 5.82 Å². The molecule has 0 amide bonds. The molecule has 0 aliphatic carbocycles. The first-order chi connectivity index (χ1) is 12.9. The minimum Gasteiger partial charge on any atom is -0.408 e. The lowest BCUT2D eigenvalue weighted by Crippen LogP contribution is -2.45. The number of hydrogen-bond donors (Lipinski definition) is 1. The molecule has 1 aliphatic heterocycles. The van der Waals surface area contributed by atoms with E-state index >= 15 is 0 Å². The van der Waals surface area contributed by atoms with Gasteiger partial charge in [0, 0.05) is 33.1 Å². The van der Waals surface area contributed by atoms with Gasteiger partial charge < -0.3 is 9.52 Å². The molecule has 0 radical (unpaired) electrons. The molecule has 2 heterocycles. The van der Waals surface area contributed by atoms with Crippen molar-refractivity contribution >= 4 is 11.1 Å². The molecule has 142 valence electrons. The minimum atomic E-state index is -0.791. The molecule has 0 atom stereocenters. The zero-order chi connectivity index (χ0) is 19.0. The number of fused-ring (bicyclic) bond motifs is 1. The van der Waals surface area contributed by atoms with E-state index in [1.807, 2.05) is 24.3 Å². The van der Waals surface area contributed by atoms with E-state index in [0.717, 1.165) is 36.3 Å². The van der Waals surface area contributed by atoms with Crippen molar-refractivity contribution in [2.75, 3.05) is 13.1 Å². The molecule has 0 saturated carbocycles. The number of hydrogen-bond acceptors (Lipinski definition) is 4. The third-order valence-corrected chi connectivity index (χ3v) is 5.47. The minimum absolute atomic E-state index is 0.267. The largest absolute Gasteiger partial charge is 0.419 e. The van der Waals surface area contributed by atoms with Crippen LogP contribution >= 0.6 is 0 Å². The van der Waals surface area contributed by atoms with Gasteiger partial charge in [0.05, 0.1) is 11.1 Å². The lowest BCUT2D eigenvalue weighted by molar-refractivity contribution is -0.0224. The standard InChI is InChI=1S/C21H23FN2O3/c1-23-18-6-5-16(12-19(18)27-20(23)25)14-24-9-7-21(26,8-10-24)13-15-3-2-4-17(22)11-15/h2-6,11-12,26H,7-10,13-14H2,1H3. The number of aliphatic hydroxyl groups is 1. The monoisotopic (exact) mass is 370 g/mol. The van der Waals surface area contributed by atoms with Crippen molar-refractivity contribution in [3.8, 4) is 0 Å². The van der Waals surface area contributed by atoms with Gasteiger partial charge in [0.15, 0.2) is 5.58 Å². The van der Waals surface area contributed by atoms with Crippen molar-refractivity contribution in [3.63, 3.8) is 0 Å². The van der Waals surface area contributed by atoms with E-state index in [-0.39, 0.29) is 11.6 Å². The van der Waals surface area contributed by atoms with Gasteiger partial charge >= 0.3 is 5.76 Å². The van der Waals surface area contributed by atoms with Gasteiger partial charge in [0.2, 0.25) is 0 Å². The lowest BCUT2D eigenvalue weighted by atomic mass is 9.85. The normalized spacial score (nSPS) is 17.4. The summed E-state index contributed by atoms with van der Waals surface area (Å²) in [4.78, 5) is 13.9. The summed E-state index contributed by atoms with van der Waals surface area (Å²) in [7, 11) is 1.69. The molecule has 1 aromatic heterocycles. The summed E-state index contributed by atoms with van der Waals surface area (Å²) >= 11 is 0. The third kappa shape index (κ3) is 3.82. The molecule has 5 nitrogen and oxygen atoms in total. The molecular weight excluding hydrogens is 347 g/mol. The molecule has 0 unspecified atom stereocenters. The molecule has 6 heteroatoms. The van der Waals surface area contributed by atoms with Crippen LogP contribution in [0.2, 0.25) is 0 Å². The summed E-state index contributed by atoms with van der Waals surface area (Å²) in [6.07, 6.45) is 1.76. The summed E-state index contributed by atoms with van der Waals surface area (Å²) in [5.41, 5.74) is 2.50. The van der Waals surface area contributed by atoms with Crippen molar-refractivity contribution in [2.24, 2.45) is 7.05 Å². The van der Waals surface area contributed by atoms with Crippen molar-refractivity contribution in [1.82, 2.24) is 9.47 Å². The molecule has 1 aliphatic rings. The summed E-state index contributed by atoms with van der Waals surface area (Å²) in [6.45, 7) is 2.27. The zero-order valence-electron chi connectivity index (χ0n) is 15.3. The fraction of sp³-hybridized carbons (Fsp3) is 0.381. The van der Waals surface area contributed by atoms with Crippen molar-refractivity contribution in [2.45, 2.75) is 31.4 Å². The molecule has 0 bridgehead atoms. The van der Waals surface area contributed by atoms with E-state index in [1.165, 1.54) is 16.7 Å². The predicted molar refractivity (Wildman–Crippen MR) is 101 cm³/mol. The number of likely N-dealkylation sites (tertiary alicyclic amines) is 1. The number of rotatable bonds is 4. The predicted octanol–water partition coefficient (Wildman–Crippen LogP) is 2.84. The van der Waals surface area contributed by atoms with Crippen LogP contribution in [0.1, 0.15) is 24.0 Å². The van der Waals surface area contributed by atoms with Crippen LogP contribution in [0.4, 0.5) is 4.39 Å². The van der Waals surface area contributed by atoms with Gasteiger partial charge in [-0.2, -0.15) is 0 Å². The first kappa shape index (κ1) is 17.9. The van der Waals surface area contributed by atoms with E-state index in [2.05, 4.69) is 4.90 Å². The molecule has 2 aromatic carbocycles. The van der Waals surface area contributed by atoms with Gasteiger partial charge in [-0.3, -0.25) is 9.47 Å². The Bertz CT molecular complexity index is 1020. The highest BCUT2D eigenvalue weighted by molar-refractivity contribution is 5.73. The van der Waals surface area contributed by atoms with E-state index in [9.17, 15) is 14.3 Å². The Kier molecular flexibility index (Phi) is 4.61. The first-order valence-corrected chi connectivity index (χ1v) is 9.20. The maximum absolute atomic E-state index is 13.4. The number of nitrogens with zero attached hydrogens (tertiary/aromatic N) is 2.